The molecule has 1 aromatic carbocycles. The first-order chi connectivity index (χ1) is 15.0. The second-order valence-electron chi connectivity index (χ2n) is 8.64. The molecule has 0 bridgehead atoms. The molecule has 3 aliphatic rings. The first kappa shape index (κ1) is 22.1. The van der Waals surface area contributed by atoms with Gasteiger partial charge in [-0.05, 0) is 25.7 Å². The van der Waals surface area contributed by atoms with Crippen LogP contribution in [0.3, 0.4) is 0 Å². The van der Waals surface area contributed by atoms with E-state index in [1.54, 1.807) is 32.4 Å². The van der Waals surface area contributed by atoms with Crippen LogP contribution < -0.4 is 14.8 Å². The third kappa shape index (κ3) is 4.73. The summed E-state index contributed by atoms with van der Waals surface area (Å²) in [5.41, 5.74) is 0.644. The minimum atomic E-state index is -0.134. The monoisotopic (exact) mass is 447 g/mol. The molecule has 0 atom stereocenters. The Morgan fingerprint density at radius 3 is 2.26 bits per heavy atom. The van der Waals surface area contributed by atoms with Crippen molar-refractivity contribution in [3.05, 3.63) is 18.2 Å². The highest BCUT2D eigenvalue weighted by atomic mass is 32.2. The van der Waals surface area contributed by atoms with E-state index in [0.29, 0.717) is 36.2 Å². The van der Waals surface area contributed by atoms with Gasteiger partial charge in [-0.3, -0.25) is 4.79 Å². The van der Waals surface area contributed by atoms with Gasteiger partial charge in [-0.15, -0.1) is 11.8 Å². The fourth-order valence-electron chi connectivity index (χ4n) is 5.05. The summed E-state index contributed by atoms with van der Waals surface area (Å²) in [4.78, 5) is 30.0. The standard InChI is InChI=1S/C23H33N3O4S/c1-29-19-14-18(15-20(16-19)30-2)24-22(28)25-10-8-23(9-11-25)26(12-13-31-23)21(27)17-6-4-3-5-7-17/h14-17H,3-13H2,1-2H3,(H,24,28). The van der Waals surface area contributed by atoms with Crippen molar-refractivity contribution in [2.45, 2.75) is 49.8 Å². The van der Waals surface area contributed by atoms with Crippen LogP contribution in [-0.4, -0.2) is 66.2 Å². The van der Waals surface area contributed by atoms with Crippen molar-refractivity contribution >= 4 is 29.4 Å². The number of amides is 3. The number of hydrogen-bond donors (Lipinski definition) is 1. The predicted octanol–water partition coefficient (Wildman–Crippen LogP) is 4.18. The Hall–Kier alpha value is -2.09. The number of carbonyl (C=O) groups excluding carboxylic acids is 2. The molecule has 8 heteroatoms. The molecule has 3 amide bonds. The van der Waals surface area contributed by atoms with Crippen LogP contribution in [0.1, 0.15) is 44.9 Å². The van der Waals surface area contributed by atoms with E-state index in [1.165, 1.54) is 19.3 Å². The van der Waals surface area contributed by atoms with Gasteiger partial charge in [0.25, 0.3) is 0 Å². The van der Waals surface area contributed by atoms with Crippen LogP contribution in [0.5, 0.6) is 11.5 Å². The molecule has 1 spiro atoms. The predicted molar refractivity (Wildman–Crippen MR) is 123 cm³/mol. The average Bonchev–Trinajstić information content (AvgIpc) is 3.21. The van der Waals surface area contributed by atoms with E-state index in [0.717, 1.165) is 38.0 Å². The number of nitrogens with zero attached hydrogens (tertiary/aromatic N) is 2. The van der Waals surface area contributed by atoms with E-state index < -0.39 is 0 Å². The summed E-state index contributed by atoms with van der Waals surface area (Å²) in [6.07, 6.45) is 7.33. The number of urea groups is 1. The van der Waals surface area contributed by atoms with Gasteiger partial charge in [-0.2, -0.15) is 0 Å². The van der Waals surface area contributed by atoms with E-state index in [9.17, 15) is 9.59 Å². The summed E-state index contributed by atoms with van der Waals surface area (Å²) in [5.74, 6) is 2.81. The molecule has 31 heavy (non-hydrogen) atoms. The molecule has 2 aliphatic heterocycles. The van der Waals surface area contributed by atoms with Crippen molar-refractivity contribution in [3.8, 4) is 11.5 Å². The third-order valence-corrected chi connectivity index (χ3v) is 8.39. The van der Waals surface area contributed by atoms with E-state index >= 15 is 0 Å². The van der Waals surface area contributed by atoms with Crippen molar-refractivity contribution in [1.82, 2.24) is 9.80 Å². The quantitative estimate of drug-likeness (QED) is 0.750. The SMILES string of the molecule is COc1cc(NC(=O)N2CCC3(CC2)SCCN3C(=O)C2CCCCC2)cc(OC)c1. The van der Waals surface area contributed by atoms with Gasteiger partial charge in [-0.25, -0.2) is 4.79 Å². The van der Waals surface area contributed by atoms with Crippen molar-refractivity contribution in [1.29, 1.82) is 0 Å². The lowest BCUT2D eigenvalue weighted by atomic mass is 9.87. The van der Waals surface area contributed by atoms with E-state index in [1.807, 2.05) is 16.7 Å². The molecule has 7 nitrogen and oxygen atoms in total. The summed E-state index contributed by atoms with van der Waals surface area (Å²) in [7, 11) is 3.17. The second kappa shape index (κ2) is 9.59. The number of carbonyl (C=O) groups is 2. The van der Waals surface area contributed by atoms with Crippen molar-refractivity contribution in [3.63, 3.8) is 0 Å². The zero-order valence-electron chi connectivity index (χ0n) is 18.5. The van der Waals surface area contributed by atoms with Gasteiger partial charge < -0.3 is 24.6 Å². The summed E-state index contributed by atoms with van der Waals surface area (Å²) >= 11 is 1.91. The van der Waals surface area contributed by atoms with Crippen LogP contribution in [0.2, 0.25) is 0 Å². The molecule has 3 fully saturated rings. The summed E-state index contributed by atoms with van der Waals surface area (Å²) in [5, 5.41) is 2.97. The molecule has 1 aromatic rings. The number of methoxy groups -OCH3 is 2. The molecule has 2 heterocycles. The maximum Gasteiger partial charge on any atom is 0.321 e. The van der Waals surface area contributed by atoms with Crippen LogP contribution >= 0.6 is 11.8 Å². The molecule has 1 aliphatic carbocycles. The molecule has 0 radical (unpaired) electrons. The van der Waals surface area contributed by atoms with Crippen molar-refractivity contribution in [2.24, 2.45) is 5.92 Å². The Bertz CT molecular complexity index is 782. The summed E-state index contributed by atoms with van der Waals surface area (Å²) < 4.78 is 10.6. The first-order valence-electron chi connectivity index (χ1n) is 11.3. The Morgan fingerprint density at radius 2 is 1.65 bits per heavy atom. The minimum Gasteiger partial charge on any atom is -0.497 e. The van der Waals surface area contributed by atoms with Crippen molar-refractivity contribution in [2.75, 3.05) is 44.9 Å². The maximum absolute atomic E-state index is 13.2. The van der Waals surface area contributed by atoms with Gasteiger partial charge in [-0.1, -0.05) is 19.3 Å². The van der Waals surface area contributed by atoms with E-state index in [-0.39, 0.29) is 16.8 Å². The number of ether oxygens (including phenoxy) is 2. The zero-order chi connectivity index (χ0) is 21.8. The highest BCUT2D eigenvalue weighted by Crippen LogP contribution is 2.45. The number of likely N-dealkylation sites (tertiary alicyclic amines) is 1. The second-order valence-corrected chi connectivity index (χ2v) is 10.1. The molecule has 2 saturated heterocycles. The van der Waals surface area contributed by atoms with Gasteiger partial charge in [0.2, 0.25) is 5.91 Å². The molecule has 0 aromatic heterocycles. The zero-order valence-corrected chi connectivity index (χ0v) is 19.3. The fourth-order valence-corrected chi connectivity index (χ4v) is 6.51. The Morgan fingerprint density at radius 1 is 1.00 bits per heavy atom. The smallest absolute Gasteiger partial charge is 0.321 e. The van der Waals surface area contributed by atoms with Gasteiger partial charge in [0, 0.05) is 55.2 Å². The Labute approximate surface area is 188 Å². The molecule has 0 unspecified atom stereocenters. The molecular weight excluding hydrogens is 414 g/mol. The number of anilines is 1. The Kier molecular flexibility index (Phi) is 6.84. The summed E-state index contributed by atoms with van der Waals surface area (Å²) in [6.45, 7) is 2.14. The fraction of sp³-hybridized carbons (Fsp3) is 0.652. The van der Waals surface area contributed by atoms with Crippen LogP contribution in [0.15, 0.2) is 18.2 Å². The highest BCUT2D eigenvalue weighted by molar-refractivity contribution is 8.00. The van der Waals surface area contributed by atoms with Gasteiger partial charge in [0.1, 0.15) is 11.5 Å². The van der Waals surface area contributed by atoms with E-state index in [4.69, 9.17) is 9.47 Å². The number of rotatable bonds is 4. The number of nitrogens with one attached hydrogen (secondary N) is 1. The lowest BCUT2D eigenvalue weighted by molar-refractivity contribution is -0.140. The van der Waals surface area contributed by atoms with Crippen LogP contribution in [0.25, 0.3) is 0 Å². The highest BCUT2D eigenvalue weighted by Gasteiger charge is 2.48. The minimum absolute atomic E-state index is 0.127. The normalized spacial score (nSPS) is 21.2. The van der Waals surface area contributed by atoms with Crippen molar-refractivity contribution < 1.29 is 19.1 Å². The molecule has 4 rings (SSSR count). The van der Waals surface area contributed by atoms with Gasteiger partial charge in [0.05, 0.1) is 19.1 Å². The Balaban J connectivity index is 1.37. The average molecular weight is 448 g/mol. The number of piperidine rings is 1. The first-order valence-corrected chi connectivity index (χ1v) is 12.3. The number of thioether (sulfide) groups is 1. The van der Waals surface area contributed by atoms with Crippen LogP contribution in [0.4, 0.5) is 10.5 Å². The lowest BCUT2D eigenvalue weighted by Crippen LogP contribution is -2.55. The van der Waals surface area contributed by atoms with Gasteiger partial charge >= 0.3 is 6.03 Å². The lowest BCUT2D eigenvalue weighted by Gasteiger charge is -2.45. The van der Waals surface area contributed by atoms with Crippen LogP contribution in [-0.2, 0) is 4.79 Å². The topological polar surface area (TPSA) is 71.1 Å². The number of hydrogen-bond acceptors (Lipinski definition) is 5. The molecule has 1 saturated carbocycles. The largest absolute Gasteiger partial charge is 0.497 e. The molecule has 1 N–H and O–H groups in total. The molecule has 170 valence electrons. The summed E-state index contributed by atoms with van der Waals surface area (Å²) in [6, 6.07) is 5.21. The number of benzene rings is 1. The van der Waals surface area contributed by atoms with Gasteiger partial charge in [0.15, 0.2) is 0 Å². The van der Waals surface area contributed by atoms with E-state index in [2.05, 4.69) is 10.2 Å². The van der Waals surface area contributed by atoms with Crippen LogP contribution in [0, 0.1) is 5.92 Å². The molecular formula is C23H33N3O4S. The third-order valence-electron chi connectivity index (χ3n) is 6.83. The maximum atomic E-state index is 13.2.